The third-order valence-corrected chi connectivity index (χ3v) is 3.75. The van der Waals surface area contributed by atoms with Crippen LogP contribution in [0.15, 0.2) is 30.3 Å². The predicted octanol–water partition coefficient (Wildman–Crippen LogP) is 2.41. The molecule has 0 amide bonds. The zero-order chi connectivity index (χ0) is 13.0. The second kappa shape index (κ2) is 6.01. The molecular weight excluding hydrogens is 226 g/mol. The van der Waals surface area contributed by atoms with Crippen LogP contribution in [0.2, 0.25) is 0 Å². The number of benzene rings is 1. The minimum Gasteiger partial charge on any atom is -0.481 e. The van der Waals surface area contributed by atoms with Crippen molar-refractivity contribution in [3.05, 3.63) is 35.9 Å². The quantitative estimate of drug-likeness (QED) is 0.839. The molecule has 1 aromatic carbocycles. The molecule has 2 rings (SSSR count). The molecule has 98 valence electrons. The zero-order valence-electron chi connectivity index (χ0n) is 10.9. The van der Waals surface area contributed by atoms with Gasteiger partial charge in [-0.1, -0.05) is 37.3 Å². The van der Waals surface area contributed by atoms with Crippen molar-refractivity contribution in [3.8, 4) is 0 Å². The molecule has 1 aliphatic rings. The summed E-state index contributed by atoms with van der Waals surface area (Å²) >= 11 is 0. The van der Waals surface area contributed by atoms with E-state index in [1.807, 2.05) is 6.07 Å². The number of aliphatic carboxylic acids is 1. The van der Waals surface area contributed by atoms with Crippen molar-refractivity contribution in [1.82, 2.24) is 4.90 Å². The summed E-state index contributed by atoms with van der Waals surface area (Å²) in [5.74, 6) is -0.317. The molecular formula is C15H21NO2. The van der Waals surface area contributed by atoms with E-state index in [-0.39, 0.29) is 0 Å². The van der Waals surface area contributed by atoms with Crippen molar-refractivity contribution in [3.63, 3.8) is 0 Å². The van der Waals surface area contributed by atoms with Gasteiger partial charge in [-0.05, 0) is 24.3 Å². The Labute approximate surface area is 108 Å². The number of likely N-dealkylation sites (tertiary alicyclic amines) is 1. The molecule has 1 aliphatic heterocycles. The summed E-state index contributed by atoms with van der Waals surface area (Å²) in [5, 5.41) is 8.75. The van der Waals surface area contributed by atoms with Gasteiger partial charge in [0.15, 0.2) is 0 Å². The van der Waals surface area contributed by atoms with Gasteiger partial charge in [0, 0.05) is 19.1 Å². The number of carbonyl (C=O) groups is 1. The summed E-state index contributed by atoms with van der Waals surface area (Å²) in [6.07, 6.45) is 2.50. The van der Waals surface area contributed by atoms with Crippen LogP contribution in [-0.4, -0.2) is 35.1 Å². The van der Waals surface area contributed by atoms with Gasteiger partial charge < -0.3 is 5.11 Å². The molecule has 1 unspecified atom stereocenters. The van der Waals surface area contributed by atoms with E-state index in [2.05, 4.69) is 36.1 Å². The van der Waals surface area contributed by atoms with Gasteiger partial charge in [-0.3, -0.25) is 9.69 Å². The van der Waals surface area contributed by atoms with Crippen LogP contribution < -0.4 is 0 Å². The second-order valence-corrected chi connectivity index (χ2v) is 5.17. The monoisotopic (exact) mass is 247 g/mol. The molecule has 0 radical (unpaired) electrons. The smallest absolute Gasteiger partial charge is 0.303 e. The Morgan fingerprint density at radius 2 is 2.06 bits per heavy atom. The molecule has 1 aromatic rings. The standard InChI is InChI=1S/C15H21NO2/c1-2-14(8-12-6-4-3-5-7-12)16-10-13(11-16)9-15(17)18/h3-7,13-14H,2,8-11H2,1H3,(H,17,18). The second-order valence-electron chi connectivity index (χ2n) is 5.17. The molecule has 1 fully saturated rings. The number of carboxylic acid groups (broad SMARTS) is 1. The van der Waals surface area contributed by atoms with E-state index < -0.39 is 5.97 Å². The first-order chi connectivity index (χ1) is 8.69. The van der Waals surface area contributed by atoms with Crippen LogP contribution in [0.1, 0.15) is 25.3 Å². The molecule has 1 N–H and O–H groups in total. The van der Waals surface area contributed by atoms with Crippen LogP contribution >= 0.6 is 0 Å². The first kappa shape index (κ1) is 13.1. The van der Waals surface area contributed by atoms with Crippen LogP contribution in [0.25, 0.3) is 0 Å². The molecule has 0 spiro atoms. The summed E-state index contributed by atoms with van der Waals surface area (Å²) in [5.41, 5.74) is 1.37. The summed E-state index contributed by atoms with van der Waals surface area (Å²) in [7, 11) is 0. The highest BCUT2D eigenvalue weighted by Crippen LogP contribution is 2.24. The fourth-order valence-electron chi connectivity index (χ4n) is 2.70. The third-order valence-electron chi connectivity index (χ3n) is 3.75. The lowest BCUT2D eigenvalue weighted by atomic mass is 9.91. The number of hydrogen-bond acceptors (Lipinski definition) is 2. The predicted molar refractivity (Wildman–Crippen MR) is 71.5 cm³/mol. The molecule has 0 bridgehead atoms. The minimum absolute atomic E-state index is 0.318. The van der Waals surface area contributed by atoms with Crippen molar-refractivity contribution in [2.75, 3.05) is 13.1 Å². The van der Waals surface area contributed by atoms with Crippen LogP contribution in [0, 0.1) is 5.92 Å². The van der Waals surface area contributed by atoms with Gasteiger partial charge in [-0.2, -0.15) is 0 Å². The minimum atomic E-state index is -0.671. The summed E-state index contributed by atoms with van der Waals surface area (Å²) in [4.78, 5) is 13.0. The topological polar surface area (TPSA) is 40.5 Å². The van der Waals surface area contributed by atoms with Gasteiger partial charge in [0.05, 0.1) is 6.42 Å². The maximum absolute atomic E-state index is 10.6. The Bertz CT molecular complexity index is 385. The number of hydrogen-bond donors (Lipinski definition) is 1. The molecule has 1 atom stereocenters. The molecule has 3 nitrogen and oxygen atoms in total. The van der Waals surface area contributed by atoms with E-state index in [1.54, 1.807) is 0 Å². The van der Waals surface area contributed by atoms with Gasteiger partial charge in [0.2, 0.25) is 0 Å². The van der Waals surface area contributed by atoms with Crippen molar-refractivity contribution in [2.24, 2.45) is 5.92 Å². The Morgan fingerprint density at radius 1 is 1.39 bits per heavy atom. The van der Waals surface area contributed by atoms with Crippen molar-refractivity contribution >= 4 is 5.97 Å². The molecule has 0 saturated carbocycles. The molecule has 0 aliphatic carbocycles. The van der Waals surface area contributed by atoms with E-state index in [1.165, 1.54) is 5.56 Å². The van der Waals surface area contributed by atoms with Crippen LogP contribution in [0.4, 0.5) is 0 Å². The summed E-state index contributed by atoms with van der Waals surface area (Å²) < 4.78 is 0. The van der Waals surface area contributed by atoms with Gasteiger partial charge in [0.1, 0.15) is 0 Å². The summed E-state index contributed by atoms with van der Waals surface area (Å²) in [6, 6.07) is 11.1. The lowest BCUT2D eigenvalue weighted by Gasteiger charge is -2.44. The van der Waals surface area contributed by atoms with Gasteiger partial charge in [0.25, 0.3) is 0 Å². The van der Waals surface area contributed by atoms with Crippen molar-refractivity contribution in [1.29, 1.82) is 0 Å². The van der Waals surface area contributed by atoms with Gasteiger partial charge in [-0.15, -0.1) is 0 Å². The van der Waals surface area contributed by atoms with Crippen molar-refractivity contribution < 1.29 is 9.90 Å². The number of nitrogens with zero attached hydrogens (tertiary/aromatic N) is 1. The first-order valence-electron chi connectivity index (χ1n) is 6.68. The van der Waals surface area contributed by atoms with E-state index in [0.29, 0.717) is 18.4 Å². The Kier molecular flexibility index (Phi) is 4.37. The fraction of sp³-hybridized carbons (Fsp3) is 0.533. The highest BCUT2D eigenvalue weighted by atomic mass is 16.4. The Morgan fingerprint density at radius 3 is 2.61 bits per heavy atom. The highest BCUT2D eigenvalue weighted by Gasteiger charge is 2.32. The largest absolute Gasteiger partial charge is 0.481 e. The Balaban J connectivity index is 1.82. The van der Waals surface area contributed by atoms with Crippen molar-refractivity contribution in [2.45, 2.75) is 32.2 Å². The third kappa shape index (κ3) is 3.33. The van der Waals surface area contributed by atoms with Crippen LogP contribution in [0.3, 0.4) is 0 Å². The van der Waals surface area contributed by atoms with E-state index in [0.717, 1.165) is 25.9 Å². The van der Waals surface area contributed by atoms with Crippen LogP contribution in [0.5, 0.6) is 0 Å². The zero-order valence-corrected chi connectivity index (χ0v) is 10.9. The maximum Gasteiger partial charge on any atom is 0.303 e. The maximum atomic E-state index is 10.6. The van der Waals surface area contributed by atoms with E-state index >= 15 is 0 Å². The lowest BCUT2D eigenvalue weighted by Crippen LogP contribution is -2.53. The van der Waals surface area contributed by atoms with Gasteiger partial charge in [-0.25, -0.2) is 0 Å². The SMILES string of the molecule is CCC(Cc1ccccc1)N1CC(CC(=O)O)C1. The van der Waals surface area contributed by atoms with E-state index in [4.69, 9.17) is 5.11 Å². The Hall–Kier alpha value is -1.35. The van der Waals surface area contributed by atoms with Crippen LogP contribution in [-0.2, 0) is 11.2 Å². The number of rotatable bonds is 6. The first-order valence-corrected chi connectivity index (χ1v) is 6.68. The molecule has 1 saturated heterocycles. The summed E-state index contributed by atoms with van der Waals surface area (Å²) in [6.45, 7) is 4.09. The molecule has 3 heteroatoms. The average Bonchev–Trinajstić information content (AvgIpc) is 2.32. The fourth-order valence-corrected chi connectivity index (χ4v) is 2.70. The molecule has 0 aromatic heterocycles. The van der Waals surface area contributed by atoms with E-state index in [9.17, 15) is 4.79 Å². The lowest BCUT2D eigenvalue weighted by molar-refractivity contribution is -0.139. The highest BCUT2D eigenvalue weighted by molar-refractivity contribution is 5.67. The molecule has 1 heterocycles. The molecule has 18 heavy (non-hydrogen) atoms. The normalized spacial score (nSPS) is 18.3. The average molecular weight is 247 g/mol. The van der Waals surface area contributed by atoms with Gasteiger partial charge >= 0.3 is 5.97 Å². The number of carboxylic acids is 1.